The van der Waals surface area contributed by atoms with Gasteiger partial charge in [0.1, 0.15) is 0 Å². The molecule has 3 aromatic rings. The van der Waals surface area contributed by atoms with Gasteiger partial charge in [0.2, 0.25) is 0 Å². The lowest BCUT2D eigenvalue weighted by Gasteiger charge is -2.26. The van der Waals surface area contributed by atoms with Crippen molar-refractivity contribution in [3.05, 3.63) is 108 Å². The Morgan fingerprint density at radius 3 is 0.786 bits per heavy atom. The molecule has 0 aromatic heterocycles. The van der Waals surface area contributed by atoms with Crippen molar-refractivity contribution in [1.82, 2.24) is 0 Å². The monoisotopic (exact) mass is 793 g/mol. The fourth-order valence-corrected chi connectivity index (χ4v) is 19.7. The first kappa shape index (κ1) is 50.9. The summed E-state index contributed by atoms with van der Waals surface area (Å²) in [4.78, 5) is 0. The predicted molar refractivity (Wildman–Crippen MR) is 258 cm³/mol. The van der Waals surface area contributed by atoms with Crippen molar-refractivity contribution in [3.8, 4) is 0 Å². The zero-order valence-corrected chi connectivity index (χ0v) is 41.4. The topological polar surface area (TPSA) is 0 Å². The van der Waals surface area contributed by atoms with Crippen LogP contribution >= 0.6 is 0 Å². The Morgan fingerprint density at radius 2 is 0.554 bits per heavy atom. The third-order valence-corrected chi connectivity index (χ3v) is 21.7. The highest BCUT2D eigenvalue weighted by Gasteiger charge is 2.28. The second kappa shape index (κ2) is 29.9. The molecule has 0 spiro atoms. The van der Waals surface area contributed by atoms with Crippen LogP contribution in [0.2, 0.25) is 31.7 Å². The molecule has 0 nitrogen and oxygen atoms in total. The Kier molecular flexibility index (Phi) is 27.1. The molecule has 9 unspecified atom stereocenters. The van der Waals surface area contributed by atoms with Gasteiger partial charge in [-0.25, -0.2) is 0 Å². The smallest absolute Gasteiger partial charge is 0.0912 e. The van der Waals surface area contributed by atoms with Crippen LogP contribution in [-0.4, -0.2) is 28.3 Å². The van der Waals surface area contributed by atoms with Crippen LogP contribution in [0.4, 0.5) is 0 Å². The number of hydrogen-bond donors (Lipinski definition) is 0. The standard InChI is InChI=1S/3C9H11.3C9H19.2Al/c3*1-8(2)9-6-4-3-5-7-9;3*1-5-6-9(4)7-8(2)3;;/h3*3-8H,1H2,2H3;3*8-9H,2,5-7H2,1,3-4H3;;. The number of rotatable bonds is 27. The molecular formula is C54H90Al2. The molecule has 0 heterocycles. The van der Waals surface area contributed by atoms with Gasteiger partial charge < -0.3 is 0 Å². The summed E-state index contributed by atoms with van der Waals surface area (Å²) in [5.74, 6) is 7.63. The van der Waals surface area contributed by atoms with E-state index in [-0.39, 0.29) is 0 Å². The normalized spacial score (nSPS) is 16.3. The summed E-state index contributed by atoms with van der Waals surface area (Å²) in [7, 11) is 0. The van der Waals surface area contributed by atoms with Crippen LogP contribution in [0.3, 0.4) is 0 Å². The van der Waals surface area contributed by atoms with Gasteiger partial charge in [0.25, 0.3) is 28.3 Å². The number of hydrogen-bond acceptors (Lipinski definition) is 0. The minimum Gasteiger partial charge on any atom is -0.0912 e. The third kappa shape index (κ3) is 22.2. The van der Waals surface area contributed by atoms with Crippen molar-refractivity contribution in [2.45, 2.75) is 190 Å². The Hall–Kier alpha value is -1.28. The molecule has 0 N–H and O–H groups in total. The van der Waals surface area contributed by atoms with E-state index >= 15 is 0 Å². The minimum atomic E-state index is -0.917. The van der Waals surface area contributed by atoms with E-state index in [1.807, 2.05) is 0 Å². The zero-order valence-electron chi connectivity index (χ0n) is 39.1. The van der Waals surface area contributed by atoms with Crippen molar-refractivity contribution in [1.29, 1.82) is 0 Å². The van der Waals surface area contributed by atoms with E-state index in [1.54, 1.807) is 15.8 Å². The maximum atomic E-state index is 2.57. The summed E-state index contributed by atoms with van der Waals surface area (Å²) in [6.45, 7) is 29.5. The largest absolute Gasteiger partial charge is 0.263 e. The predicted octanol–water partition coefficient (Wildman–Crippen LogP) is 17.8. The summed E-state index contributed by atoms with van der Waals surface area (Å²) in [5, 5.41) is 8.97. The molecule has 0 bridgehead atoms. The van der Waals surface area contributed by atoms with E-state index < -0.39 is 28.3 Å². The molecule has 0 radical (unpaired) electrons. The first-order valence-corrected chi connectivity index (χ1v) is 28.9. The molecule has 56 heavy (non-hydrogen) atoms. The highest BCUT2D eigenvalue weighted by molar-refractivity contribution is 6.59. The van der Waals surface area contributed by atoms with Gasteiger partial charge in [-0.05, 0) is 71.5 Å². The lowest BCUT2D eigenvalue weighted by molar-refractivity contribution is 0.392. The van der Waals surface area contributed by atoms with Crippen molar-refractivity contribution in [2.24, 2.45) is 35.5 Å². The molecule has 3 rings (SSSR count). The van der Waals surface area contributed by atoms with E-state index in [4.69, 9.17) is 0 Å². The lowest BCUT2D eigenvalue weighted by atomic mass is 9.94. The summed E-state index contributed by atoms with van der Waals surface area (Å²) < 4.78 is 0. The molecule has 0 fully saturated rings. The first-order chi connectivity index (χ1) is 26.8. The maximum absolute atomic E-state index is 2.57. The van der Waals surface area contributed by atoms with Crippen molar-refractivity contribution in [2.75, 3.05) is 0 Å². The molecular weight excluding hydrogens is 703 g/mol. The number of benzene rings is 3. The SMILES string of the molecule is CC([CH2][Al]([CH2]C(C)c1ccccc1)[CH2]C(C)c1ccccc1)c1ccccc1.CCCC(C)CC(C)[CH2][Al]([CH2]C(C)CC(C)CCC)[CH2]C(C)CC(C)CCC. The second-order valence-corrected chi connectivity index (χ2v) is 26.1. The van der Waals surface area contributed by atoms with E-state index in [9.17, 15) is 0 Å². The molecule has 0 saturated heterocycles. The van der Waals surface area contributed by atoms with Gasteiger partial charge in [0.15, 0.2) is 0 Å². The molecule has 0 aliphatic carbocycles. The molecule has 2 heteroatoms. The van der Waals surface area contributed by atoms with Gasteiger partial charge in [-0.2, -0.15) is 0 Å². The van der Waals surface area contributed by atoms with Gasteiger partial charge >= 0.3 is 0 Å². The fraction of sp³-hybridized carbons (Fsp3) is 0.667. The highest BCUT2D eigenvalue weighted by atomic mass is 27.2. The van der Waals surface area contributed by atoms with Crippen LogP contribution in [0.1, 0.15) is 175 Å². The van der Waals surface area contributed by atoms with E-state index in [0.717, 1.165) is 35.5 Å². The molecule has 3 aromatic carbocycles. The summed E-state index contributed by atoms with van der Waals surface area (Å²) in [6.07, 6.45) is 12.7. The summed E-state index contributed by atoms with van der Waals surface area (Å²) in [6, 6.07) is 33.3. The van der Waals surface area contributed by atoms with Crippen LogP contribution < -0.4 is 0 Å². The molecule has 312 valence electrons. The van der Waals surface area contributed by atoms with Crippen LogP contribution in [0.5, 0.6) is 0 Å². The molecule has 0 aliphatic rings. The first-order valence-electron chi connectivity index (χ1n) is 24.0. The zero-order chi connectivity index (χ0) is 41.3. The molecule has 0 amide bonds. The molecule has 9 atom stereocenters. The van der Waals surface area contributed by atoms with Gasteiger partial charge in [-0.1, -0.05) is 262 Å². The van der Waals surface area contributed by atoms with Crippen molar-refractivity contribution >= 4 is 28.3 Å². The Bertz CT molecular complexity index is 1160. The van der Waals surface area contributed by atoms with Crippen molar-refractivity contribution in [3.63, 3.8) is 0 Å². The highest BCUT2D eigenvalue weighted by Crippen LogP contribution is 2.34. The Balaban J connectivity index is 0.000000387. The fourth-order valence-electron chi connectivity index (χ4n) is 10.7. The Morgan fingerprint density at radius 1 is 0.321 bits per heavy atom. The third-order valence-electron chi connectivity index (χ3n) is 13.1. The average Bonchev–Trinajstić information content (AvgIpc) is 3.16. The average molecular weight is 793 g/mol. The molecule has 0 aliphatic heterocycles. The van der Waals surface area contributed by atoms with Gasteiger partial charge in [-0.15, -0.1) is 0 Å². The van der Waals surface area contributed by atoms with E-state index in [0.29, 0.717) is 17.8 Å². The minimum absolute atomic E-state index is 0.644. The summed E-state index contributed by atoms with van der Waals surface area (Å²) >= 11 is -1.56. The van der Waals surface area contributed by atoms with Crippen LogP contribution in [0, 0.1) is 35.5 Å². The summed E-state index contributed by atoms with van der Waals surface area (Å²) in [5.41, 5.74) is 4.50. The van der Waals surface area contributed by atoms with Crippen LogP contribution in [0.25, 0.3) is 0 Å². The van der Waals surface area contributed by atoms with Crippen LogP contribution in [0.15, 0.2) is 91.0 Å². The van der Waals surface area contributed by atoms with Gasteiger partial charge in [0.05, 0.1) is 0 Å². The van der Waals surface area contributed by atoms with E-state index in [2.05, 4.69) is 174 Å². The quantitative estimate of drug-likeness (QED) is 0.0675. The van der Waals surface area contributed by atoms with Crippen molar-refractivity contribution < 1.29 is 0 Å². The lowest BCUT2D eigenvalue weighted by Crippen LogP contribution is -2.24. The van der Waals surface area contributed by atoms with E-state index in [1.165, 1.54) is 90.3 Å². The maximum Gasteiger partial charge on any atom is 0.263 e. The van der Waals surface area contributed by atoms with Gasteiger partial charge in [0, 0.05) is 0 Å². The second-order valence-electron chi connectivity index (χ2n) is 19.8. The molecule has 0 saturated carbocycles. The Labute approximate surface area is 359 Å². The van der Waals surface area contributed by atoms with Crippen LogP contribution in [-0.2, 0) is 0 Å². The van der Waals surface area contributed by atoms with Gasteiger partial charge in [-0.3, -0.25) is 0 Å².